The summed E-state index contributed by atoms with van der Waals surface area (Å²) in [7, 11) is 0. The van der Waals surface area contributed by atoms with Crippen LogP contribution in [0.25, 0.3) is 16.8 Å². The average Bonchev–Trinajstić information content (AvgIpc) is 3.12. The first-order valence-corrected chi connectivity index (χ1v) is 9.93. The van der Waals surface area contributed by atoms with Crippen molar-refractivity contribution in [1.82, 2.24) is 14.9 Å². The van der Waals surface area contributed by atoms with Crippen molar-refractivity contribution in [2.75, 3.05) is 0 Å². The summed E-state index contributed by atoms with van der Waals surface area (Å²) in [4.78, 5) is 17.0. The van der Waals surface area contributed by atoms with E-state index in [9.17, 15) is 4.79 Å². The number of rotatable bonds is 6. The van der Waals surface area contributed by atoms with Crippen LogP contribution in [0.4, 0.5) is 10.1 Å². The summed E-state index contributed by atoms with van der Waals surface area (Å²) in [6.45, 7) is 3.57. The zero-order valence-corrected chi connectivity index (χ0v) is 17.5. The summed E-state index contributed by atoms with van der Waals surface area (Å²) in [5.74, 6) is 0.0880. The molecule has 0 radical (unpaired) electrons. The number of aryl methyl sites for hydroxylation is 2. The number of para-hydroxylation sites is 1. The molecular formula is C24H20FN5O2. The van der Waals surface area contributed by atoms with Gasteiger partial charge in [0, 0.05) is 30.5 Å². The fourth-order valence-electron chi connectivity index (χ4n) is 3.44. The van der Waals surface area contributed by atoms with Crippen LogP contribution in [0.5, 0.6) is 0 Å². The lowest BCUT2D eigenvalue weighted by molar-refractivity contribution is 0.393. The largest absolute Gasteiger partial charge is 0.361 e. The summed E-state index contributed by atoms with van der Waals surface area (Å²) in [5, 5.41) is 15.7. The van der Waals surface area contributed by atoms with Gasteiger partial charge in [0.25, 0.3) is 0 Å². The Morgan fingerprint density at radius 1 is 1.19 bits per heavy atom. The van der Waals surface area contributed by atoms with Gasteiger partial charge in [-0.2, -0.15) is 5.10 Å². The molecule has 8 heteroatoms. The molecule has 32 heavy (non-hydrogen) atoms. The van der Waals surface area contributed by atoms with Crippen LogP contribution in [-0.4, -0.2) is 26.9 Å². The number of aliphatic imine (C=N–C) groups is 1. The van der Waals surface area contributed by atoms with E-state index >= 15 is 4.39 Å². The highest BCUT2D eigenvalue weighted by Crippen LogP contribution is 2.29. The monoisotopic (exact) mass is 429 g/mol. The summed E-state index contributed by atoms with van der Waals surface area (Å²) in [5.41, 5.74) is 2.91. The highest BCUT2D eigenvalue weighted by atomic mass is 19.1. The van der Waals surface area contributed by atoms with Crippen molar-refractivity contribution in [2.24, 2.45) is 4.99 Å². The first-order valence-electron chi connectivity index (χ1n) is 9.93. The Balaban J connectivity index is 1.78. The number of hydrogen-bond donors (Lipinski definition) is 1. The average molecular weight is 429 g/mol. The predicted octanol–water partition coefficient (Wildman–Crippen LogP) is 4.80. The van der Waals surface area contributed by atoms with Gasteiger partial charge in [0.2, 0.25) is 5.43 Å². The number of nitrogens with one attached hydrogen (secondary N) is 1. The quantitative estimate of drug-likeness (QED) is 0.445. The smallest absolute Gasteiger partial charge is 0.209 e. The van der Waals surface area contributed by atoms with Gasteiger partial charge in [-0.15, -0.1) is 0 Å². The van der Waals surface area contributed by atoms with Gasteiger partial charge < -0.3 is 9.93 Å². The number of halogens is 1. The van der Waals surface area contributed by atoms with Gasteiger partial charge in [-0.1, -0.05) is 29.4 Å². The number of hydrogen-bond acceptors (Lipinski definition) is 6. The molecule has 2 heterocycles. The molecule has 0 aliphatic heterocycles. The molecule has 160 valence electrons. The lowest BCUT2D eigenvalue weighted by Crippen LogP contribution is -2.22. The van der Waals surface area contributed by atoms with Crippen molar-refractivity contribution in [3.63, 3.8) is 0 Å². The van der Waals surface area contributed by atoms with E-state index in [-0.39, 0.29) is 23.2 Å². The fraction of sp³-hybridized carbons (Fsp3) is 0.125. The Labute approximate surface area is 183 Å². The number of aromatic nitrogens is 3. The Hall–Kier alpha value is -4.20. The van der Waals surface area contributed by atoms with E-state index in [1.54, 1.807) is 38.1 Å². The SMILES string of the molecule is Cc1noc(C)c1-c1ccc(-n2ccc(=O)c(C(CC=N)=Nc3ccccc3)n2)c(F)c1. The van der Waals surface area contributed by atoms with Crippen LogP contribution in [0.15, 0.2) is 75.1 Å². The Morgan fingerprint density at radius 2 is 1.97 bits per heavy atom. The van der Waals surface area contributed by atoms with E-state index in [0.29, 0.717) is 28.4 Å². The molecule has 2 aromatic carbocycles. The molecule has 0 unspecified atom stereocenters. The minimum absolute atomic E-state index is 0.0639. The van der Waals surface area contributed by atoms with Crippen LogP contribution in [0, 0.1) is 25.1 Å². The second-order valence-electron chi connectivity index (χ2n) is 7.14. The maximum atomic E-state index is 15.1. The molecule has 4 rings (SSSR count). The normalized spacial score (nSPS) is 11.5. The van der Waals surface area contributed by atoms with Crippen LogP contribution in [0.2, 0.25) is 0 Å². The first-order chi connectivity index (χ1) is 15.5. The lowest BCUT2D eigenvalue weighted by Gasteiger charge is -2.11. The van der Waals surface area contributed by atoms with E-state index in [1.165, 1.54) is 23.0 Å². The van der Waals surface area contributed by atoms with Crippen LogP contribution >= 0.6 is 0 Å². The zero-order chi connectivity index (χ0) is 22.7. The third-order valence-electron chi connectivity index (χ3n) is 4.91. The Morgan fingerprint density at radius 3 is 2.62 bits per heavy atom. The molecule has 0 spiro atoms. The maximum absolute atomic E-state index is 15.1. The van der Waals surface area contributed by atoms with E-state index < -0.39 is 5.82 Å². The van der Waals surface area contributed by atoms with Crippen molar-refractivity contribution in [3.8, 4) is 16.8 Å². The summed E-state index contributed by atoms with van der Waals surface area (Å²) >= 11 is 0. The Kier molecular flexibility index (Phi) is 5.85. The summed E-state index contributed by atoms with van der Waals surface area (Å²) in [6.07, 6.45) is 2.68. The van der Waals surface area contributed by atoms with E-state index in [0.717, 1.165) is 11.8 Å². The molecule has 2 aromatic heterocycles. The van der Waals surface area contributed by atoms with Gasteiger partial charge in [0.1, 0.15) is 17.3 Å². The van der Waals surface area contributed by atoms with Gasteiger partial charge >= 0.3 is 0 Å². The molecular weight excluding hydrogens is 409 g/mol. The molecule has 0 saturated carbocycles. The van der Waals surface area contributed by atoms with Crippen LogP contribution in [-0.2, 0) is 0 Å². The molecule has 0 atom stereocenters. The molecule has 1 N–H and O–H groups in total. The second kappa shape index (κ2) is 8.89. The third kappa shape index (κ3) is 4.15. The van der Waals surface area contributed by atoms with E-state index in [2.05, 4.69) is 15.2 Å². The number of nitrogens with zero attached hydrogens (tertiary/aromatic N) is 4. The Bertz CT molecular complexity index is 1350. The molecule has 7 nitrogen and oxygen atoms in total. The van der Waals surface area contributed by atoms with Crippen molar-refractivity contribution in [2.45, 2.75) is 20.3 Å². The highest BCUT2D eigenvalue weighted by molar-refractivity contribution is 6.06. The first kappa shape index (κ1) is 21.0. The zero-order valence-electron chi connectivity index (χ0n) is 17.5. The predicted molar refractivity (Wildman–Crippen MR) is 121 cm³/mol. The standard InChI is InChI=1S/C24H20FN5O2/c1-15-23(16(2)32-29-15)17-8-9-21(19(25)14-17)30-13-11-22(31)24(28-30)20(10-12-26)27-18-6-4-3-5-7-18/h3-9,11-14,26H,10H2,1-2H3. The maximum Gasteiger partial charge on any atom is 0.209 e. The van der Waals surface area contributed by atoms with Gasteiger partial charge in [-0.25, -0.2) is 9.07 Å². The van der Waals surface area contributed by atoms with Crippen molar-refractivity contribution in [3.05, 3.63) is 94.0 Å². The summed E-state index contributed by atoms with van der Waals surface area (Å²) < 4.78 is 21.5. The summed E-state index contributed by atoms with van der Waals surface area (Å²) in [6, 6.07) is 15.1. The third-order valence-corrected chi connectivity index (χ3v) is 4.91. The minimum Gasteiger partial charge on any atom is -0.361 e. The highest BCUT2D eigenvalue weighted by Gasteiger charge is 2.16. The second-order valence-corrected chi connectivity index (χ2v) is 7.14. The minimum atomic E-state index is -0.516. The van der Waals surface area contributed by atoms with Crippen LogP contribution < -0.4 is 5.43 Å². The van der Waals surface area contributed by atoms with Crippen molar-refractivity contribution < 1.29 is 8.91 Å². The van der Waals surface area contributed by atoms with Gasteiger partial charge in [0.15, 0.2) is 5.69 Å². The van der Waals surface area contributed by atoms with Crippen LogP contribution in [0.1, 0.15) is 23.6 Å². The van der Waals surface area contributed by atoms with Gasteiger partial charge in [0.05, 0.1) is 17.1 Å². The molecule has 0 saturated heterocycles. The van der Waals surface area contributed by atoms with Crippen LogP contribution in [0.3, 0.4) is 0 Å². The fourth-order valence-corrected chi connectivity index (χ4v) is 3.44. The lowest BCUT2D eigenvalue weighted by atomic mass is 10.0. The molecule has 0 aliphatic rings. The topological polar surface area (TPSA) is 97.1 Å². The van der Waals surface area contributed by atoms with E-state index in [4.69, 9.17) is 9.93 Å². The molecule has 0 amide bonds. The van der Waals surface area contributed by atoms with Gasteiger partial charge in [-0.3, -0.25) is 9.79 Å². The van der Waals surface area contributed by atoms with E-state index in [1.807, 2.05) is 18.2 Å². The molecule has 0 bridgehead atoms. The number of benzene rings is 2. The molecule has 4 aromatic rings. The van der Waals surface area contributed by atoms with Crippen molar-refractivity contribution in [1.29, 1.82) is 5.41 Å². The molecule has 0 fully saturated rings. The van der Waals surface area contributed by atoms with Crippen molar-refractivity contribution >= 4 is 17.6 Å². The van der Waals surface area contributed by atoms with Gasteiger partial charge in [-0.05, 0) is 43.7 Å². The molecule has 0 aliphatic carbocycles.